The van der Waals surface area contributed by atoms with E-state index in [1.165, 1.54) is 12.3 Å². The molecule has 10 nitrogen and oxygen atoms in total. The van der Waals surface area contributed by atoms with Gasteiger partial charge in [-0.25, -0.2) is 9.48 Å². The summed E-state index contributed by atoms with van der Waals surface area (Å²) >= 11 is 0. The fraction of sp³-hybridized carbons (Fsp3) is 0.357. The monoisotopic (exact) mass is 387 g/mol. The molecule has 0 unspecified atom stereocenters. The van der Waals surface area contributed by atoms with E-state index in [0.29, 0.717) is 0 Å². The average Bonchev–Trinajstić information content (AvgIpc) is 3.10. The van der Waals surface area contributed by atoms with Gasteiger partial charge in [-0.3, -0.25) is 9.69 Å². The zero-order chi connectivity index (χ0) is 19.8. The maximum atomic E-state index is 12.7. The van der Waals surface area contributed by atoms with Crippen molar-refractivity contribution in [2.24, 2.45) is 0 Å². The van der Waals surface area contributed by atoms with Gasteiger partial charge in [0.05, 0.1) is 25.0 Å². The predicted molar refractivity (Wildman–Crippen MR) is 79.9 cm³/mol. The second kappa shape index (κ2) is 6.92. The first-order valence-electron chi connectivity index (χ1n) is 7.48. The van der Waals surface area contributed by atoms with Crippen LogP contribution in [-0.2, 0) is 20.5 Å². The van der Waals surface area contributed by atoms with Gasteiger partial charge in [0, 0.05) is 12.3 Å². The van der Waals surface area contributed by atoms with Crippen molar-refractivity contribution in [1.29, 1.82) is 0 Å². The van der Waals surface area contributed by atoms with Gasteiger partial charge in [-0.1, -0.05) is 0 Å². The quantitative estimate of drug-likeness (QED) is 0.741. The number of carboxylic acid groups (broad SMARTS) is 1. The van der Waals surface area contributed by atoms with Gasteiger partial charge in [-0.15, -0.1) is 10.2 Å². The second-order valence-corrected chi connectivity index (χ2v) is 5.48. The Labute approximate surface area is 148 Å². The number of alkyl halides is 3. The third kappa shape index (κ3) is 3.73. The van der Waals surface area contributed by atoms with Gasteiger partial charge in [0.1, 0.15) is 0 Å². The summed E-state index contributed by atoms with van der Waals surface area (Å²) in [4.78, 5) is 24.3. The third-order valence-electron chi connectivity index (χ3n) is 3.71. The lowest BCUT2D eigenvalue weighted by Crippen LogP contribution is -2.54. The zero-order valence-electron chi connectivity index (χ0n) is 13.4. The summed E-state index contributed by atoms with van der Waals surface area (Å²) in [6.45, 7) is -0.0241. The molecular weight excluding hydrogens is 375 g/mol. The Morgan fingerprint density at radius 1 is 1.41 bits per heavy atom. The number of carboxylic acids is 1. The molecular formula is C14H12F3N5O5. The highest BCUT2D eigenvalue weighted by Gasteiger charge is 2.40. The van der Waals surface area contributed by atoms with Crippen LogP contribution in [0.25, 0.3) is 5.69 Å². The first-order valence-corrected chi connectivity index (χ1v) is 7.48. The fourth-order valence-electron chi connectivity index (χ4n) is 2.41. The fourth-order valence-corrected chi connectivity index (χ4v) is 2.41. The lowest BCUT2D eigenvalue weighted by molar-refractivity contribution is -0.163. The lowest BCUT2D eigenvalue weighted by Gasteiger charge is -2.31. The summed E-state index contributed by atoms with van der Waals surface area (Å²) in [6, 6.07) is 2.09. The number of halogens is 3. The Bertz CT molecular complexity index is 871. The molecule has 2 aromatic rings. The van der Waals surface area contributed by atoms with Crippen molar-refractivity contribution in [2.75, 3.05) is 18.1 Å². The first kappa shape index (κ1) is 18.7. The van der Waals surface area contributed by atoms with Crippen molar-refractivity contribution < 1.29 is 37.7 Å². The van der Waals surface area contributed by atoms with Crippen LogP contribution in [-0.4, -0.2) is 67.4 Å². The molecule has 0 spiro atoms. The molecule has 2 aromatic heterocycles. The van der Waals surface area contributed by atoms with Gasteiger partial charge in [0.15, 0.2) is 23.7 Å². The van der Waals surface area contributed by atoms with Crippen LogP contribution in [0.1, 0.15) is 5.69 Å². The molecule has 1 aliphatic heterocycles. The SMILES string of the molecule is O=C(O)[C@H](O)[C@H]1OCCN(c2ccn(-c3cnnc(C(F)(F)F)c3)n2)C1=O. The molecule has 13 heteroatoms. The number of carbonyl (C=O) groups excluding carboxylic acids is 1. The van der Waals surface area contributed by atoms with Crippen LogP contribution in [0.15, 0.2) is 24.5 Å². The van der Waals surface area contributed by atoms with Crippen molar-refractivity contribution in [3.8, 4) is 5.69 Å². The molecule has 3 rings (SSSR count). The van der Waals surface area contributed by atoms with E-state index in [2.05, 4.69) is 15.3 Å². The van der Waals surface area contributed by atoms with Crippen molar-refractivity contribution in [3.05, 3.63) is 30.2 Å². The van der Waals surface area contributed by atoms with Crippen LogP contribution in [0.2, 0.25) is 0 Å². The molecule has 2 N–H and O–H groups in total. The number of rotatable bonds is 4. The summed E-state index contributed by atoms with van der Waals surface area (Å²) in [7, 11) is 0. The van der Waals surface area contributed by atoms with Crippen LogP contribution in [0.5, 0.6) is 0 Å². The van der Waals surface area contributed by atoms with E-state index in [-0.39, 0.29) is 24.7 Å². The molecule has 0 aliphatic carbocycles. The summed E-state index contributed by atoms with van der Waals surface area (Å²) in [5.74, 6) is -2.40. The Morgan fingerprint density at radius 2 is 2.15 bits per heavy atom. The summed E-state index contributed by atoms with van der Waals surface area (Å²) in [5, 5.41) is 28.7. The van der Waals surface area contributed by atoms with Gasteiger partial charge in [-0.2, -0.15) is 18.3 Å². The number of hydrogen-bond donors (Lipinski definition) is 2. The minimum Gasteiger partial charge on any atom is -0.479 e. The average molecular weight is 387 g/mol. The summed E-state index contributed by atoms with van der Waals surface area (Å²) in [6.07, 6.45) is -5.98. The molecule has 3 heterocycles. The molecule has 1 aliphatic rings. The van der Waals surface area contributed by atoms with E-state index < -0.39 is 36.0 Å². The number of aliphatic hydroxyl groups excluding tert-OH is 1. The molecule has 0 saturated carbocycles. The van der Waals surface area contributed by atoms with Crippen LogP contribution >= 0.6 is 0 Å². The van der Waals surface area contributed by atoms with Crippen molar-refractivity contribution in [2.45, 2.75) is 18.4 Å². The van der Waals surface area contributed by atoms with Gasteiger partial charge >= 0.3 is 12.1 Å². The topological polar surface area (TPSA) is 131 Å². The predicted octanol–water partition coefficient (Wildman–Crippen LogP) is -0.142. The molecule has 0 radical (unpaired) electrons. The normalized spacial score (nSPS) is 19.2. The molecule has 0 bridgehead atoms. The second-order valence-electron chi connectivity index (χ2n) is 5.48. The van der Waals surface area contributed by atoms with E-state index in [1.807, 2.05) is 0 Å². The van der Waals surface area contributed by atoms with E-state index in [9.17, 15) is 27.9 Å². The number of carbonyl (C=O) groups is 2. The van der Waals surface area contributed by atoms with Crippen LogP contribution < -0.4 is 4.90 Å². The number of ether oxygens (including phenoxy) is 1. The highest BCUT2D eigenvalue weighted by molar-refractivity contribution is 5.99. The largest absolute Gasteiger partial charge is 0.479 e. The van der Waals surface area contributed by atoms with Gasteiger partial charge in [0.25, 0.3) is 5.91 Å². The third-order valence-corrected chi connectivity index (χ3v) is 3.71. The number of hydrogen-bond acceptors (Lipinski definition) is 7. The van der Waals surface area contributed by atoms with E-state index in [4.69, 9.17) is 9.84 Å². The Kier molecular flexibility index (Phi) is 4.80. The van der Waals surface area contributed by atoms with E-state index in [0.717, 1.165) is 21.8 Å². The van der Waals surface area contributed by atoms with Gasteiger partial charge in [-0.05, 0) is 6.07 Å². The molecule has 1 saturated heterocycles. The maximum absolute atomic E-state index is 12.7. The van der Waals surface area contributed by atoms with Crippen LogP contribution in [0.3, 0.4) is 0 Å². The number of aliphatic hydroxyl groups is 1. The number of morpholine rings is 1. The molecule has 27 heavy (non-hydrogen) atoms. The number of nitrogens with zero attached hydrogens (tertiary/aromatic N) is 5. The van der Waals surface area contributed by atoms with Crippen LogP contribution in [0.4, 0.5) is 19.0 Å². The van der Waals surface area contributed by atoms with E-state index in [1.54, 1.807) is 0 Å². The van der Waals surface area contributed by atoms with Crippen molar-refractivity contribution in [3.63, 3.8) is 0 Å². The Balaban J connectivity index is 1.85. The lowest BCUT2D eigenvalue weighted by atomic mass is 10.1. The zero-order valence-corrected chi connectivity index (χ0v) is 13.4. The molecule has 2 atom stereocenters. The van der Waals surface area contributed by atoms with Crippen LogP contribution in [0, 0.1) is 0 Å². The highest BCUT2D eigenvalue weighted by atomic mass is 19.4. The Hall–Kier alpha value is -3.06. The Morgan fingerprint density at radius 3 is 2.81 bits per heavy atom. The minimum atomic E-state index is -4.68. The smallest absolute Gasteiger partial charge is 0.435 e. The van der Waals surface area contributed by atoms with Gasteiger partial charge < -0.3 is 14.9 Å². The first-order chi connectivity index (χ1) is 12.7. The highest BCUT2D eigenvalue weighted by Crippen LogP contribution is 2.28. The number of aliphatic carboxylic acids is 1. The molecule has 1 amide bonds. The minimum absolute atomic E-state index is 0.0289. The number of anilines is 1. The molecule has 0 aromatic carbocycles. The van der Waals surface area contributed by atoms with E-state index >= 15 is 0 Å². The maximum Gasteiger partial charge on any atom is 0.435 e. The van der Waals surface area contributed by atoms with Crippen molar-refractivity contribution >= 4 is 17.7 Å². The van der Waals surface area contributed by atoms with Gasteiger partial charge in [0.2, 0.25) is 0 Å². The van der Waals surface area contributed by atoms with Crippen molar-refractivity contribution in [1.82, 2.24) is 20.0 Å². The molecule has 144 valence electrons. The summed E-state index contributed by atoms with van der Waals surface area (Å²) < 4.78 is 44.3. The number of amides is 1. The summed E-state index contributed by atoms with van der Waals surface area (Å²) in [5.41, 5.74) is -1.24. The molecule has 1 fully saturated rings. The standard InChI is InChI=1S/C14H12F3N5O5/c15-14(16,17)8-5-7(6-18-19-8)22-2-1-9(20-22)21-3-4-27-11(12(21)24)10(23)13(25)26/h1-2,5-6,10-11,23H,3-4H2,(H,25,26)/t10-,11-/m1/s1. The number of aromatic nitrogens is 4.